The van der Waals surface area contributed by atoms with Gasteiger partial charge in [-0.1, -0.05) is 18.2 Å². The summed E-state index contributed by atoms with van der Waals surface area (Å²) < 4.78 is 13.1. The number of nitrogens with zero attached hydrogens (tertiary/aromatic N) is 2. The topological polar surface area (TPSA) is 45.2 Å². The number of likely N-dealkylation sites (tertiary alicyclic amines) is 1. The van der Waals surface area contributed by atoms with Crippen LogP contribution in [-0.4, -0.2) is 34.9 Å². The molecular formula is C20H22FN3O. The van der Waals surface area contributed by atoms with E-state index < -0.39 is 0 Å². The lowest BCUT2D eigenvalue weighted by Gasteiger charge is -2.31. The molecule has 25 heavy (non-hydrogen) atoms. The predicted molar refractivity (Wildman–Crippen MR) is 96.1 cm³/mol. The fourth-order valence-electron chi connectivity index (χ4n) is 2.99. The summed E-state index contributed by atoms with van der Waals surface area (Å²) in [5.41, 5.74) is 1.75. The van der Waals surface area contributed by atoms with Crippen molar-refractivity contribution in [2.45, 2.75) is 25.4 Å². The van der Waals surface area contributed by atoms with Crippen LogP contribution in [0.1, 0.15) is 24.1 Å². The zero-order chi connectivity index (χ0) is 17.5. The van der Waals surface area contributed by atoms with Crippen LogP contribution in [0.3, 0.4) is 0 Å². The molecule has 1 N–H and O–H groups in total. The van der Waals surface area contributed by atoms with Gasteiger partial charge >= 0.3 is 0 Å². The highest BCUT2D eigenvalue weighted by Crippen LogP contribution is 2.13. The van der Waals surface area contributed by atoms with Crippen LogP contribution in [-0.2, 0) is 11.3 Å². The molecule has 0 spiro atoms. The highest BCUT2D eigenvalue weighted by atomic mass is 19.1. The molecule has 2 heterocycles. The van der Waals surface area contributed by atoms with Crippen LogP contribution in [0.4, 0.5) is 4.39 Å². The molecule has 1 aromatic carbocycles. The van der Waals surface area contributed by atoms with E-state index in [1.807, 2.05) is 24.4 Å². The average molecular weight is 339 g/mol. The monoisotopic (exact) mass is 339 g/mol. The van der Waals surface area contributed by atoms with E-state index in [-0.39, 0.29) is 17.8 Å². The summed E-state index contributed by atoms with van der Waals surface area (Å²) >= 11 is 0. The van der Waals surface area contributed by atoms with Gasteiger partial charge in [-0.15, -0.1) is 0 Å². The first-order valence-corrected chi connectivity index (χ1v) is 8.55. The molecule has 0 aliphatic carbocycles. The second-order valence-corrected chi connectivity index (χ2v) is 6.27. The SMILES string of the molecule is O=C(/C=C/c1cccc(F)c1)NC1CCN(Cc2ccccn2)CC1. The van der Waals surface area contributed by atoms with Crippen LogP contribution < -0.4 is 5.32 Å². The van der Waals surface area contributed by atoms with Gasteiger partial charge in [-0.2, -0.15) is 0 Å². The lowest BCUT2D eigenvalue weighted by atomic mass is 10.0. The number of rotatable bonds is 5. The van der Waals surface area contributed by atoms with E-state index in [1.54, 1.807) is 18.2 Å². The molecule has 1 aliphatic rings. The van der Waals surface area contributed by atoms with Crippen molar-refractivity contribution in [2.75, 3.05) is 13.1 Å². The van der Waals surface area contributed by atoms with Gasteiger partial charge < -0.3 is 5.32 Å². The minimum absolute atomic E-state index is 0.132. The minimum atomic E-state index is -0.303. The van der Waals surface area contributed by atoms with Crippen molar-refractivity contribution in [1.29, 1.82) is 0 Å². The number of hydrogen-bond donors (Lipinski definition) is 1. The largest absolute Gasteiger partial charge is 0.350 e. The van der Waals surface area contributed by atoms with Crippen LogP contribution in [0.2, 0.25) is 0 Å². The highest BCUT2D eigenvalue weighted by molar-refractivity contribution is 5.91. The van der Waals surface area contributed by atoms with Crippen molar-refractivity contribution in [2.24, 2.45) is 0 Å². The predicted octanol–water partition coefficient (Wildman–Crippen LogP) is 3.01. The Labute approximate surface area is 147 Å². The van der Waals surface area contributed by atoms with E-state index in [0.29, 0.717) is 5.56 Å². The van der Waals surface area contributed by atoms with E-state index in [4.69, 9.17) is 0 Å². The van der Waals surface area contributed by atoms with Crippen molar-refractivity contribution in [3.8, 4) is 0 Å². The molecule has 3 rings (SSSR count). The van der Waals surface area contributed by atoms with Gasteiger partial charge in [0.1, 0.15) is 5.82 Å². The zero-order valence-corrected chi connectivity index (χ0v) is 14.1. The van der Waals surface area contributed by atoms with Crippen molar-refractivity contribution >= 4 is 12.0 Å². The van der Waals surface area contributed by atoms with Crippen LogP contribution in [0, 0.1) is 5.82 Å². The van der Waals surface area contributed by atoms with Gasteiger partial charge in [-0.05, 0) is 48.7 Å². The number of amides is 1. The number of pyridine rings is 1. The fraction of sp³-hybridized carbons (Fsp3) is 0.300. The molecule has 4 nitrogen and oxygen atoms in total. The molecule has 1 saturated heterocycles. The third-order valence-corrected chi connectivity index (χ3v) is 4.32. The van der Waals surface area contributed by atoms with E-state index >= 15 is 0 Å². The third-order valence-electron chi connectivity index (χ3n) is 4.32. The molecule has 0 bridgehead atoms. The van der Waals surface area contributed by atoms with Crippen LogP contribution in [0.25, 0.3) is 6.08 Å². The van der Waals surface area contributed by atoms with Crippen LogP contribution in [0.15, 0.2) is 54.7 Å². The second-order valence-electron chi connectivity index (χ2n) is 6.27. The summed E-state index contributed by atoms with van der Waals surface area (Å²) in [5, 5.41) is 3.03. The summed E-state index contributed by atoms with van der Waals surface area (Å²) in [6, 6.07) is 12.3. The number of aromatic nitrogens is 1. The molecule has 130 valence electrons. The maximum atomic E-state index is 13.1. The molecule has 1 aromatic heterocycles. The summed E-state index contributed by atoms with van der Waals surface area (Å²) in [5.74, 6) is -0.435. The number of piperidine rings is 1. The lowest BCUT2D eigenvalue weighted by molar-refractivity contribution is -0.117. The number of nitrogens with one attached hydrogen (secondary N) is 1. The number of carbonyl (C=O) groups is 1. The van der Waals surface area contributed by atoms with Gasteiger partial charge in [0, 0.05) is 37.9 Å². The number of halogens is 1. The van der Waals surface area contributed by atoms with Gasteiger partial charge in [-0.3, -0.25) is 14.7 Å². The standard InChI is InChI=1S/C20H22FN3O/c21-17-5-3-4-16(14-17)7-8-20(25)23-18-9-12-24(13-10-18)15-19-6-1-2-11-22-19/h1-8,11,14,18H,9-10,12-13,15H2,(H,23,25)/b8-7+. The van der Waals surface area contributed by atoms with Gasteiger partial charge in [0.25, 0.3) is 0 Å². The summed E-state index contributed by atoms with van der Waals surface area (Å²) in [4.78, 5) is 18.7. The van der Waals surface area contributed by atoms with Gasteiger partial charge in [0.15, 0.2) is 0 Å². The molecular weight excluding hydrogens is 317 g/mol. The third kappa shape index (κ3) is 5.50. The molecule has 1 aliphatic heterocycles. The smallest absolute Gasteiger partial charge is 0.244 e. The maximum Gasteiger partial charge on any atom is 0.244 e. The number of hydrogen-bond acceptors (Lipinski definition) is 3. The van der Waals surface area contributed by atoms with E-state index in [1.165, 1.54) is 18.2 Å². The molecule has 2 aromatic rings. The molecule has 5 heteroatoms. The molecule has 0 atom stereocenters. The maximum absolute atomic E-state index is 13.1. The number of benzene rings is 1. The Morgan fingerprint density at radius 2 is 2.08 bits per heavy atom. The lowest BCUT2D eigenvalue weighted by Crippen LogP contribution is -2.43. The summed E-state index contributed by atoms with van der Waals surface area (Å²) in [7, 11) is 0. The molecule has 0 radical (unpaired) electrons. The van der Waals surface area contributed by atoms with Gasteiger partial charge in [0.2, 0.25) is 5.91 Å². The molecule has 1 amide bonds. The quantitative estimate of drug-likeness (QED) is 0.852. The Morgan fingerprint density at radius 3 is 2.80 bits per heavy atom. The Balaban J connectivity index is 1.43. The first-order chi connectivity index (χ1) is 12.2. The normalized spacial score (nSPS) is 16.2. The molecule has 0 unspecified atom stereocenters. The van der Waals surface area contributed by atoms with Gasteiger partial charge in [-0.25, -0.2) is 4.39 Å². The van der Waals surface area contributed by atoms with E-state index in [9.17, 15) is 9.18 Å². The molecule has 0 saturated carbocycles. The van der Waals surface area contributed by atoms with Gasteiger partial charge in [0.05, 0.1) is 5.69 Å². The summed E-state index contributed by atoms with van der Waals surface area (Å²) in [6.45, 7) is 2.73. The second kappa shape index (κ2) is 8.53. The average Bonchev–Trinajstić information content (AvgIpc) is 2.63. The Morgan fingerprint density at radius 1 is 1.24 bits per heavy atom. The van der Waals surface area contributed by atoms with Crippen molar-refractivity contribution in [3.05, 3.63) is 71.8 Å². The summed E-state index contributed by atoms with van der Waals surface area (Å²) in [6.07, 6.45) is 6.76. The number of carbonyl (C=O) groups excluding carboxylic acids is 1. The van der Waals surface area contributed by atoms with E-state index in [2.05, 4.69) is 15.2 Å². The minimum Gasteiger partial charge on any atom is -0.350 e. The Kier molecular flexibility index (Phi) is 5.90. The van der Waals surface area contributed by atoms with Crippen LogP contribution in [0.5, 0.6) is 0 Å². The van der Waals surface area contributed by atoms with Crippen molar-refractivity contribution < 1.29 is 9.18 Å². The van der Waals surface area contributed by atoms with Crippen molar-refractivity contribution in [1.82, 2.24) is 15.2 Å². The zero-order valence-electron chi connectivity index (χ0n) is 14.1. The fourth-order valence-corrected chi connectivity index (χ4v) is 2.99. The first-order valence-electron chi connectivity index (χ1n) is 8.55. The molecule has 1 fully saturated rings. The Hall–Kier alpha value is -2.53. The van der Waals surface area contributed by atoms with Crippen molar-refractivity contribution in [3.63, 3.8) is 0 Å². The van der Waals surface area contributed by atoms with Crippen LogP contribution >= 0.6 is 0 Å². The Bertz CT molecular complexity index is 725. The first kappa shape index (κ1) is 17.3. The highest BCUT2D eigenvalue weighted by Gasteiger charge is 2.20. The van der Waals surface area contributed by atoms with E-state index in [0.717, 1.165) is 38.2 Å².